The second-order valence-corrected chi connectivity index (χ2v) is 8.30. The van der Waals surface area contributed by atoms with Crippen molar-refractivity contribution in [2.75, 3.05) is 12.4 Å². The number of carbonyl (C=O) groups excluding carboxylic acids is 1. The Morgan fingerprint density at radius 1 is 1.00 bits per heavy atom. The average Bonchev–Trinajstić information content (AvgIpc) is 3.27. The molecular weight excluding hydrogens is 470 g/mol. The van der Waals surface area contributed by atoms with E-state index in [9.17, 15) is 4.79 Å². The number of carbonyl (C=O) groups is 1. The molecular formula is C26H18ClN3O3S. The van der Waals surface area contributed by atoms with Gasteiger partial charge < -0.3 is 14.5 Å². The number of aromatic nitrogens is 1. The molecule has 0 saturated carbocycles. The lowest BCUT2D eigenvalue weighted by molar-refractivity contribution is 0.0977. The number of fused-ring (bicyclic) bond motifs is 2. The van der Waals surface area contributed by atoms with Crippen LogP contribution < -0.4 is 15.4 Å². The lowest BCUT2D eigenvalue weighted by Crippen LogP contribution is -2.34. The highest BCUT2D eigenvalue weighted by molar-refractivity contribution is 7.80. The van der Waals surface area contributed by atoms with Crippen molar-refractivity contribution in [1.29, 1.82) is 0 Å². The van der Waals surface area contributed by atoms with Gasteiger partial charge in [-0.15, -0.1) is 0 Å². The normalized spacial score (nSPS) is 10.9. The minimum absolute atomic E-state index is 0.166. The van der Waals surface area contributed by atoms with E-state index in [1.54, 1.807) is 43.5 Å². The van der Waals surface area contributed by atoms with Gasteiger partial charge in [0.1, 0.15) is 11.3 Å². The highest BCUT2D eigenvalue weighted by atomic mass is 35.5. The molecule has 0 aliphatic carbocycles. The summed E-state index contributed by atoms with van der Waals surface area (Å²) in [6, 6.07) is 23.8. The second-order valence-electron chi connectivity index (χ2n) is 7.48. The number of hydrogen-bond donors (Lipinski definition) is 2. The van der Waals surface area contributed by atoms with E-state index in [4.69, 9.17) is 33.0 Å². The van der Waals surface area contributed by atoms with Crippen LogP contribution >= 0.6 is 23.8 Å². The number of nitrogens with one attached hydrogen (secondary N) is 2. The Labute approximate surface area is 205 Å². The summed E-state index contributed by atoms with van der Waals surface area (Å²) < 4.78 is 11.2. The van der Waals surface area contributed by atoms with Crippen molar-refractivity contribution in [3.8, 4) is 17.2 Å². The maximum absolute atomic E-state index is 12.5. The van der Waals surface area contributed by atoms with E-state index in [1.165, 1.54) is 0 Å². The van der Waals surface area contributed by atoms with Gasteiger partial charge in [-0.25, -0.2) is 4.98 Å². The van der Waals surface area contributed by atoms with E-state index in [0.717, 1.165) is 16.3 Å². The van der Waals surface area contributed by atoms with Crippen molar-refractivity contribution in [3.05, 3.63) is 89.4 Å². The van der Waals surface area contributed by atoms with Crippen LogP contribution in [-0.4, -0.2) is 23.1 Å². The Balaban J connectivity index is 1.37. The van der Waals surface area contributed by atoms with E-state index in [-0.39, 0.29) is 11.0 Å². The van der Waals surface area contributed by atoms with Crippen molar-refractivity contribution in [1.82, 2.24) is 10.3 Å². The summed E-state index contributed by atoms with van der Waals surface area (Å²) in [5.41, 5.74) is 3.25. The summed E-state index contributed by atoms with van der Waals surface area (Å²) in [7, 11) is 1.55. The number of oxazole rings is 1. The zero-order chi connectivity index (χ0) is 23.7. The van der Waals surface area contributed by atoms with Crippen LogP contribution in [0.2, 0.25) is 5.02 Å². The monoisotopic (exact) mass is 487 g/mol. The molecule has 0 radical (unpaired) electrons. The maximum Gasteiger partial charge on any atom is 0.257 e. The van der Waals surface area contributed by atoms with Crippen LogP contribution in [0.5, 0.6) is 5.75 Å². The summed E-state index contributed by atoms with van der Waals surface area (Å²) in [5, 5.41) is 8.42. The fraction of sp³-hybridized carbons (Fsp3) is 0.0385. The van der Waals surface area contributed by atoms with Crippen molar-refractivity contribution >= 4 is 62.4 Å². The zero-order valence-electron chi connectivity index (χ0n) is 18.0. The molecule has 8 heteroatoms. The predicted octanol–water partition coefficient (Wildman–Crippen LogP) is 6.44. The number of rotatable bonds is 4. The molecule has 1 amide bonds. The molecule has 34 heavy (non-hydrogen) atoms. The van der Waals surface area contributed by atoms with Crippen LogP contribution in [0, 0.1) is 0 Å². The summed E-state index contributed by atoms with van der Waals surface area (Å²) in [5.74, 6) is 0.747. The Morgan fingerprint density at radius 3 is 2.65 bits per heavy atom. The predicted molar refractivity (Wildman–Crippen MR) is 139 cm³/mol. The van der Waals surface area contributed by atoms with Gasteiger partial charge in [0, 0.05) is 27.2 Å². The number of amides is 1. The molecule has 0 fully saturated rings. The fourth-order valence-electron chi connectivity index (χ4n) is 3.68. The van der Waals surface area contributed by atoms with Gasteiger partial charge in [-0.05, 0) is 66.1 Å². The minimum Gasteiger partial charge on any atom is -0.497 e. The van der Waals surface area contributed by atoms with Gasteiger partial charge in [-0.3, -0.25) is 10.1 Å². The lowest BCUT2D eigenvalue weighted by Gasteiger charge is -2.10. The molecule has 1 aromatic heterocycles. The van der Waals surface area contributed by atoms with Gasteiger partial charge in [0.15, 0.2) is 10.7 Å². The maximum atomic E-state index is 12.5. The fourth-order valence-corrected chi connectivity index (χ4v) is 4.13. The van der Waals surface area contributed by atoms with Crippen LogP contribution in [0.25, 0.3) is 33.3 Å². The summed E-state index contributed by atoms with van der Waals surface area (Å²) >= 11 is 11.7. The van der Waals surface area contributed by atoms with E-state index in [2.05, 4.69) is 15.6 Å². The summed E-state index contributed by atoms with van der Waals surface area (Å²) in [6.45, 7) is 0. The molecule has 168 valence electrons. The van der Waals surface area contributed by atoms with Gasteiger partial charge in [-0.2, -0.15) is 0 Å². The summed E-state index contributed by atoms with van der Waals surface area (Å²) in [4.78, 5) is 17.2. The number of methoxy groups -OCH3 is 1. The lowest BCUT2D eigenvalue weighted by atomic mass is 10.0. The minimum atomic E-state index is -0.337. The molecule has 5 aromatic rings. The quantitative estimate of drug-likeness (QED) is 0.284. The molecule has 0 aliphatic rings. The molecule has 5 rings (SSSR count). The highest BCUT2D eigenvalue weighted by Gasteiger charge is 2.14. The molecule has 0 spiro atoms. The average molecular weight is 488 g/mol. The van der Waals surface area contributed by atoms with Crippen molar-refractivity contribution < 1.29 is 13.9 Å². The van der Waals surface area contributed by atoms with Crippen molar-refractivity contribution in [3.63, 3.8) is 0 Å². The molecule has 0 unspecified atom stereocenters. The van der Waals surface area contributed by atoms with Crippen LogP contribution in [-0.2, 0) is 0 Å². The van der Waals surface area contributed by atoms with Crippen LogP contribution in [0.1, 0.15) is 10.4 Å². The van der Waals surface area contributed by atoms with Crippen LogP contribution in [0.4, 0.5) is 5.69 Å². The molecule has 6 nitrogen and oxygen atoms in total. The molecule has 0 bridgehead atoms. The SMILES string of the molecule is COc1cccc(C(=O)NC(=S)Nc2ccc3oc(-c4cccc5c(Cl)cccc45)nc3c2)c1. The Hall–Kier alpha value is -3.94. The number of anilines is 1. The first-order valence-corrected chi connectivity index (χ1v) is 11.1. The van der Waals surface area contributed by atoms with Gasteiger partial charge in [0.2, 0.25) is 5.89 Å². The molecule has 4 aromatic carbocycles. The first kappa shape index (κ1) is 21.9. The number of nitrogens with zero attached hydrogens (tertiary/aromatic N) is 1. The molecule has 1 heterocycles. The van der Waals surface area contributed by atoms with E-state index >= 15 is 0 Å². The number of thiocarbonyl (C=S) groups is 1. The molecule has 0 aliphatic heterocycles. The van der Waals surface area contributed by atoms with Gasteiger partial charge >= 0.3 is 0 Å². The Bertz CT molecular complexity index is 1560. The van der Waals surface area contributed by atoms with Gasteiger partial charge in [0.05, 0.1) is 7.11 Å². The van der Waals surface area contributed by atoms with Gasteiger partial charge in [-0.1, -0.05) is 41.9 Å². The second kappa shape index (κ2) is 9.13. The molecule has 2 N–H and O–H groups in total. The zero-order valence-corrected chi connectivity index (χ0v) is 19.5. The van der Waals surface area contributed by atoms with E-state index < -0.39 is 0 Å². The smallest absolute Gasteiger partial charge is 0.257 e. The Kier molecular flexibility index (Phi) is 5.88. The standard InChI is InChI=1S/C26H18ClN3O3S/c1-32-17-6-2-5-15(13-17)24(31)30-26(34)28-16-11-12-23-22(14-16)29-25(33-23)20-9-3-8-19-18(20)7-4-10-21(19)27/h2-14H,1H3,(H2,28,30,31,34). The first-order valence-electron chi connectivity index (χ1n) is 10.4. The van der Waals surface area contributed by atoms with Crippen LogP contribution in [0.3, 0.4) is 0 Å². The number of hydrogen-bond acceptors (Lipinski definition) is 5. The Morgan fingerprint density at radius 2 is 1.79 bits per heavy atom. The number of ether oxygens (including phenoxy) is 1. The molecule has 0 atom stereocenters. The number of benzene rings is 4. The van der Waals surface area contributed by atoms with Gasteiger partial charge in [0.25, 0.3) is 5.91 Å². The van der Waals surface area contributed by atoms with Crippen molar-refractivity contribution in [2.45, 2.75) is 0 Å². The molecule has 0 saturated heterocycles. The first-order chi connectivity index (χ1) is 16.5. The highest BCUT2D eigenvalue weighted by Crippen LogP contribution is 2.33. The third-order valence-electron chi connectivity index (χ3n) is 5.30. The summed E-state index contributed by atoms with van der Waals surface area (Å²) in [6.07, 6.45) is 0. The van der Waals surface area contributed by atoms with E-state index in [0.29, 0.717) is 39.0 Å². The third kappa shape index (κ3) is 4.31. The van der Waals surface area contributed by atoms with Crippen molar-refractivity contribution in [2.24, 2.45) is 0 Å². The number of halogens is 1. The largest absolute Gasteiger partial charge is 0.497 e. The van der Waals surface area contributed by atoms with E-state index in [1.807, 2.05) is 42.5 Å². The third-order valence-corrected chi connectivity index (χ3v) is 5.84. The topological polar surface area (TPSA) is 76.4 Å². The van der Waals surface area contributed by atoms with Crippen LogP contribution in [0.15, 0.2) is 83.3 Å².